The minimum absolute atomic E-state index is 0.0257. The normalized spacial score (nSPS) is 15.3. The predicted molar refractivity (Wildman–Crippen MR) is 103 cm³/mol. The molecule has 2 rings (SSSR count). The molecule has 1 aromatic rings. The number of benzene rings is 1. The second kappa shape index (κ2) is 8.56. The van der Waals surface area contributed by atoms with Crippen molar-refractivity contribution in [3.8, 4) is 5.75 Å². The maximum atomic E-state index is 12.8. The van der Waals surface area contributed by atoms with Crippen LogP contribution >= 0.6 is 0 Å². The van der Waals surface area contributed by atoms with Gasteiger partial charge in [-0.3, -0.25) is 9.59 Å². The van der Waals surface area contributed by atoms with Crippen molar-refractivity contribution < 1.29 is 14.3 Å². The summed E-state index contributed by atoms with van der Waals surface area (Å²) < 4.78 is 5.20. The Morgan fingerprint density at radius 2 is 1.85 bits per heavy atom. The van der Waals surface area contributed by atoms with E-state index in [4.69, 9.17) is 4.74 Å². The summed E-state index contributed by atoms with van der Waals surface area (Å²) in [5, 5.41) is 2.87. The van der Waals surface area contributed by atoms with E-state index in [0.717, 1.165) is 11.3 Å². The van der Waals surface area contributed by atoms with Crippen LogP contribution in [0.3, 0.4) is 0 Å². The van der Waals surface area contributed by atoms with Gasteiger partial charge in [-0.1, -0.05) is 32.9 Å². The molecule has 1 atom stereocenters. The third kappa shape index (κ3) is 5.75. The van der Waals surface area contributed by atoms with E-state index in [9.17, 15) is 9.59 Å². The van der Waals surface area contributed by atoms with Gasteiger partial charge in [0.25, 0.3) is 0 Å². The summed E-state index contributed by atoms with van der Waals surface area (Å²) in [5.41, 5.74) is 0.651. The van der Waals surface area contributed by atoms with E-state index < -0.39 is 5.41 Å². The number of amides is 2. The summed E-state index contributed by atoms with van der Waals surface area (Å²) in [7, 11) is 1.64. The summed E-state index contributed by atoms with van der Waals surface area (Å²) in [4.78, 5) is 26.8. The van der Waals surface area contributed by atoms with E-state index in [2.05, 4.69) is 12.2 Å². The molecule has 0 radical (unpaired) electrons. The molecule has 26 heavy (non-hydrogen) atoms. The Balaban J connectivity index is 1.97. The number of nitrogens with zero attached hydrogens (tertiary/aromatic N) is 1. The van der Waals surface area contributed by atoms with Crippen LogP contribution < -0.4 is 10.1 Å². The minimum Gasteiger partial charge on any atom is -0.497 e. The molecule has 1 unspecified atom stereocenters. The molecule has 1 aromatic carbocycles. The minimum atomic E-state index is -0.437. The highest BCUT2D eigenvalue weighted by atomic mass is 16.5. The van der Waals surface area contributed by atoms with Crippen molar-refractivity contribution in [1.82, 2.24) is 10.2 Å². The molecule has 5 nitrogen and oxygen atoms in total. The first kappa shape index (κ1) is 20.3. The van der Waals surface area contributed by atoms with Gasteiger partial charge in [0, 0.05) is 31.0 Å². The maximum Gasteiger partial charge on any atom is 0.225 e. The van der Waals surface area contributed by atoms with E-state index in [1.165, 1.54) is 12.8 Å². The third-order valence-corrected chi connectivity index (χ3v) is 4.93. The molecular formula is C21H32N2O3. The molecule has 1 N–H and O–H groups in total. The van der Waals surface area contributed by atoms with E-state index in [0.29, 0.717) is 25.4 Å². The summed E-state index contributed by atoms with van der Waals surface area (Å²) in [6.45, 7) is 8.71. The second-order valence-electron chi connectivity index (χ2n) is 8.20. The Labute approximate surface area is 157 Å². The zero-order valence-electron chi connectivity index (χ0n) is 16.7. The number of hydrogen-bond acceptors (Lipinski definition) is 3. The van der Waals surface area contributed by atoms with E-state index in [-0.39, 0.29) is 17.9 Å². The van der Waals surface area contributed by atoms with Crippen molar-refractivity contribution >= 4 is 11.8 Å². The Kier molecular flexibility index (Phi) is 6.68. The number of ether oxygens (including phenoxy) is 1. The molecule has 0 bridgehead atoms. The highest BCUT2D eigenvalue weighted by Crippen LogP contribution is 2.36. The first-order valence-corrected chi connectivity index (χ1v) is 9.43. The van der Waals surface area contributed by atoms with Gasteiger partial charge < -0.3 is 15.0 Å². The highest BCUT2D eigenvalue weighted by Gasteiger charge is 2.34. The monoisotopic (exact) mass is 360 g/mol. The van der Waals surface area contributed by atoms with Crippen LogP contribution in [-0.2, 0) is 16.1 Å². The first-order chi connectivity index (χ1) is 12.2. The SMILES string of the molecule is COc1ccc(CN(C(=O)CCNC(=O)C(C)(C)C)C(C)C2CC2)cc1. The molecule has 1 saturated carbocycles. The average Bonchev–Trinajstić information content (AvgIpc) is 3.43. The fraction of sp³-hybridized carbons (Fsp3) is 0.619. The Bertz CT molecular complexity index is 615. The molecule has 1 fully saturated rings. The second-order valence-corrected chi connectivity index (χ2v) is 8.20. The molecule has 5 heteroatoms. The van der Waals surface area contributed by atoms with Gasteiger partial charge in [0.15, 0.2) is 0 Å². The van der Waals surface area contributed by atoms with E-state index in [1.54, 1.807) is 7.11 Å². The van der Waals surface area contributed by atoms with Gasteiger partial charge in [-0.2, -0.15) is 0 Å². The van der Waals surface area contributed by atoms with Crippen molar-refractivity contribution in [3.63, 3.8) is 0 Å². The summed E-state index contributed by atoms with van der Waals surface area (Å²) in [5.74, 6) is 1.48. The molecular weight excluding hydrogens is 328 g/mol. The zero-order chi connectivity index (χ0) is 19.3. The van der Waals surface area contributed by atoms with Gasteiger partial charge in [0.1, 0.15) is 5.75 Å². The Morgan fingerprint density at radius 1 is 1.23 bits per heavy atom. The lowest BCUT2D eigenvalue weighted by molar-refractivity contribution is -0.134. The topological polar surface area (TPSA) is 58.6 Å². The van der Waals surface area contributed by atoms with Crippen molar-refractivity contribution in [3.05, 3.63) is 29.8 Å². The fourth-order valence-electron chi connectivity index (χ4n) is 2.91. The zero-order valence-corrected chi connectivity index (χ0v) is 16.7. The Hall–Kier alpha value is -2.04. The van der Waals surface area contributed by atoms with Crippen LogP contribution in [0.1, 0.15) is 52.5 Å². The summed E-state index contributed by atoms with van der Waals surface area (Å²) in [6, 6.07) is 8.07. The molecule has 0 aromatic heterocycles. The fourth-order valence-corrected chi connectivity index (χ4v) is 2.91. The van der Waals surface area contributed by atoms with Crippen LogP contribution in [0.25, 0.3) is 0 Å². The van der Waals surface area contributed by atoms with Crippen LogP contribution in [0.15, 0.2) is 24.3 Å². The summed E-state index contributed by atoms with van der Waals surface area (Å²) in [6.07, 6.45) is 2.71. The van der Waals surface area contributed by atoms with Gasteiger partial charge in [0.05, 0.1) is 7.11 Å². The molecule has 0 heterocycles. The first-order valence-electron chi connectivity index (χ1n) is 9.43. The van der Waals surface area contributed by atoms with Crippen LogP contribution in [0.2, 0.25) is 0 Å². The van der Waals surface area contributed by atoms with Crippen molar-refractivity contribution in [2.75, 3.05) is 13.7 Å². The predicted octanol–water partition coefficient (Wildman–Crippen LogP) is 3.37. The summed E-state index contributed by atoms with van der Waals surface area (Å²) >= 11 is 0. The number of rotatable bonds is 8. The smallest absolute Gasteiger partial charge is 0.225 e. The van der Waals surface area contributed by atoms with Crippen LogP contribution in [-0.4, -0.2) is 36.4 Å². The van der Waals surface area contributed by atoms with Crippen molar-refractivity contribution in [1.29, 1.82) is 0 Å². The van der Waals surface area contributed by atoms with Crippen LogP contribution in [0.4, 0.5) is 0 Å². The van der Waals surface area contributed by atoms with Crippen LogP contribution in [0, 0.1) is 11.3 Å². The number of methoxy groups -OCH3 is 1. The number of carbonyl (C=O) groups excluding carboxylic acids is 2. The van der Waals surface area contributed by atoms with Gasteiger partial charge in [0.2, 0.25) is 11.8 Å². The van der Waals surface area contributed by atoms with E-state index >= 15 is 0 Å². The average molecular weight is 360 g/mol. The molecule has 0 spiro atoms. The number of hydrogen-bond donors (Lipinski definition) is 1. The third-order valence-electron chi connectivity index (χ3n) is 4.93. The molecule has 0 aliphatic heterocycles. The van der Waals surface area contributed by atoms with Gasteiger partial charge >= 0.3 is 0 Å². The highest BCUT2D eigenvalue weighted by molar-refractivity contribution is 5.82. The van der Waals surface area contributed by atoms with Gasteiger partial charge in [-0.25, -0.2) is 0 Å². The van der Waals surface area contributed by atoms with E-state index in [1.807, 2.05) is 49.9 Å². The van der Waals surface area contributed by atoms with Crippen LogP contribution in [0.5, 0.6) is 5.75 Å². The molecule has 2 amide bonds. The molecule has 0 saturated heterocycles. The van der Waals surface area contributed by atoms with Crippen molar-refractivity contribution in [2.45, 2.75) is 59.5 Å². The standard InChI is InChI=1S/C21H32N2O3/c1-15(17-8-9-17)23(14-16-6-10-18(26-5)11-7-16)19(24)12-13-22-20(25)21(2,3)4/h6-7,10-11,15,17H,8-9,12-14H2,1-5H3,(H,22,25). The maximum absolute atomic E-state index is 12.8. The number of nitrogens with one attached hydrogen (secondary N) is 1. The molecule has 1 aliphatic rings. The van der Waals surface area contributed by atoms with Gasteiger partial charge in [-0.15, -0.1) is 0 Å². The quantitative estimate of drug-likeness (QED) is 0.773. The lowest BCUT2D eigenvalue weighted by Gasteiger charge is -2.30. The lowest BCUT2D eigenvalue weighted by Crippen LogP contribution is -2.42. The van der Waals surface area contributed by atoms with Gasteiger partial charge in [-0.05, 0) is 43.4 Å². The molecule has 144 valence electrons. The van der Waals surface area contributed by atoms with Crippen molar-refractivity contribution in [2.24, 2.45) is 11.3 Å². The Morgan fingerprint density at radius 3 is 2.35 bits per heavy atom. The number of carbonyl (C=O) groups is 2. The largest absolute Gasteiger partial charge is 0.497 e. The lowest BCUT2D eigenvalue weighted by atomic mass is 9.96. The molecule has 1 aliphatic carbocycles.